The third-order valence-electron chi connectivity index (χ3n) is 4.41. The lowest BCUT2D eigenvalue weighted by atomic mass is 9.80. The van der Waals surface area contributed by atoms with Gasteiger partial charge in [-0.2, -0.15) is 0 Å². The summed E-state index contributed by atoms with van der Waals surface area (Å²) in [5.74, 6) is 1.33. The third kappa shape index (κ3) is 1.80. The number of rotatable bonds is 2. The van der Waals surface area contributed by atoms with E-state index in [9.17, 15) is 4.79 Å². The molecule has 0 aromatic heterocycles. The normalized spacial score (nSPS) is 35.2. The summed E-state index contributed by atoms with van der Waals surface area (Å²) in [5.41, 5.74) is 6.94. The third-order valence-corrected chi connectivity index (χ3v) is 4.66. The van der Waals surface area contributed by atoms with Crippen molar-refractivity contribution >= 4 is 17.4 Å². The summed E-state index contributed by atoms with van der Waals surface area (Å²) in [6.45, 7) is 0. The van der Waals surface area contributed by atoms with Gasteiger partial charge in [0.15, 0.2) is 5.78 Å². The fourth-order valence-corrected chi connectivity index (χ4v) is 3.66. The highest BCUT2D eigenvalue weighted by molar-refractivity contribution is 6.30. The average Bonchev–Trinajstić information content (AvgIpc) is 2.89. The fraction of sp³-hybridized carbons (Fsp3) is 0.500. The molecular weight excluding hydrogens is 234 g/mol. The summed E-state index contributed by atoms with van der Waals surface area (Å²) in [4.78, 5) is 12.4. The molecule has 2 aliphatic carbocycles. The van der Waals surface area contributed by atoms with E-state index < -0.39 is 0 Å². The first-order valence-electron chi connectivity index (χ1n) is 6.22. The molecule has 1 aromatic carbocycles. The lowest BCUT2D eigenvalue weighted by molar-refractivity contribution is 0.0856. The van der Waals surface area contributed by atoms with Gasteiger partial charge < -0.3 is 5.73 Å². The Balaban J connectivity index is 1.85. The standard InChI is InChI=1S/C14H16ClNO/c15-11-5-3-8(4-6-11)14(17)12-9-1-2-10(7-9)13(12)16/h3-6,9-10,12-13H,1-2,7,16H2. The first-order chi connectivity index (χ1) is 8.16. The maximum atomic E-state index is 12.4. The van der Waals surface area contributed by atoms with E-state index >= 15 is 0 Å². The van der Waals surface area contributed by atoms with Gasteiger partial charge in [-0.15, -0.1) is 0 Å². The maximum absolute atomic E-state index is 12.4. The van der Waals surface area contributed by atoms with E-state index in [1.165, 1.54) is 12.8 Å². The van der Waals surface area contributed by atoms with E-state index in [4.69, 9.17) is 17.3 Å². The SMILES string of the molecule is NC1C2CCC(C2)C1C(=O)c1ccc(Cl)cc1. The average molecular weight is 250 g/mol. The number of fused-ring (bicyclic) bond motifs is 2. The van der Waals surface area contributed by atoms with Crippen molar-refractivity contribution in [2.45, 2.75) is 25.3 Å². The number of carbonyl (C=O) groups excluding carboxylic acids is 1. The van der Waals surface area contributed by atoms with Crippen LogP contribution in [0.3, 0.4) is 0 Å². The van der Waals surface area contributed by atoms with Crippen molar-refractivity contribution < 1.29 is 4.79 Å². The number of benzene rings is 1. The van der Waals surface area contributed by atoms with Crippen LogP contribution in [0.1, 0.15) is 29.6 Å². The topological polar surface area (TPSA) is 43.1 Å². The van der Waals surface area contributed by atoms with E-state index in [0.29, 0.717) is 16.9 Å². The van der Waals surface area contributed by atoms with E-state index in [0.717, 1.165) is 12.0 Å². The van der Waals surface area contributed by atoms with Crippen molar-refractivity contribution in [2.75, 3.05) is 0 Å². The van der Waals surface area contributed by atoms with Gasteiger partial charge in [-0.1, -0.05) is 11.6 Å². The van der Waals surface area contributed by atoms with Gasteiger partial charge in [-0.05, 0) is 55.4 Å². The number of carbonyl (C=O) groups is 1. The Morgan fingerprint density at radius 3 is 2.41 bits per heavy atom. The Hall–Kier alpha value is -0.860. The molecule has 3 heteroatoms. The molecule has 2 nitrogen and oxygen atoms in total. The highest BCUT2D eigenvalue weighted by Gasteiger charge is 2.48. The Morgan fingerprint density at radius 2 is 1.82 bits per heavy atom. The molecule has 2 fully saturated rings. The number of halogens is 1. The lowest BCUT2D eigenvalue weighted by Gasteiger charge is -2.26. The molecule has 17 heavy (non-hydrogen) atoms. The minimum Gasteiger partial charge on any atom is -0.327 e. The molecule has 0 spiro atoms. The molecule has 2 N–H and O–H groups in total. The molecule has 2 saturated carbocycles. The minimum atomic E-state index is 0.0370. The number of Topliss-reactive ketones (excluding diaryl/α,β-unsaturated/α-hetero) is 1. The Kier molecular flexibility index (Phi) is 2.72. The van der Waals surface area contributed by atoms with Crippen LogP contribution < -0.4 is 5.73 Å². The molecule has 4 unspecified atom stereocenters. The molecule has 0 radical (unpaired) electrons. The quantitative estimate of drug-likeness (QED) is 0.819. The van der Waals surface area contributed by atoms with Crippen LogP contribution in [0.2, 0.25) is 5.02 Å². The zero-order chi connectivity index (χ0) is 12.0. The van der Waals surface area contributed by atoms with Gasteiger partial charge in [0.1, 0.15) is 0 Å². The number of hydrogen-bond donors (Lipinski definition) is 1. The molecule has 0 heterocycles. The summed E-state index contributed by atoms with van der Waals surface area (Å²) < 4.78 is 0. The number of nitrogens with two attached hydrogens (primary N) is 1. The van der Waals surface area contributed by atoms with E-state index in [-0.39, 0.29) is 17.7 Å². The van der Waals surface area contributed by atoms with Crippen LogP contribution in [0.4, 0.5) is 0 Å². The highest BCUT2D eigenvalue weighted by Crippen LogP contribution is 2.48. The highest BCUT2D eigenvalue weighted by atomic mass is 35.5. The molecule has 2 aliphatic rings. The zero-order valence-corrected chi connectivity index (χ0v) is 10.4. The lowest BCUT2D eigenvalue weighted by Crippen LogP contribution is -2.40. The monoisotopic (exact) mass is 249 g/mol. The van der Waals surface area contributed by atoms with Crippen LogP contribution in [0, 0.1) is 17.8 Å². The second kappa shape index (κ2) is 4.11. The summed E-state index contributed by atoms with van der Waals surface area (Å²) >= 11 is 5.83. The maximum Gasteiger partial charge on any atom is 0.167 e. The van der Waals surface area contributed by atoms with Crippen LogP contribution in [-0.4, -0.2) is 11.8 Å². The summed E-state index contributed by atoms with van der Waals surface area (Å²) in [5, 5.41) is 0.666. The largest absolute Gasteiger partial charge is 0.327 e. The van der Waals surface area contributed by atoms with Gasteiger partial charge in [0, 0.05) is 22.5 Å². The van der Waals surface area contributed by atoms with Crippen LogP contribution >= 0.6 is 11.6 Å². The van der Waals surface area contributed by atoms with E-state index in [2.05, 4.69) is 0 Å². The second-order valence-corrected chi connectivity index (χ2v) is 5.74. The van der Waals surface area contributed by atoms with Crippen molar-refractivity contribution in [3.63, 3.8) is 0 Å². The van der Waals surface area contributed by atoms with Crippen molar-refractivity contribution in [1.82, 2.24) is 0 Å². The van der Waals surface area contributed by atoms with Crippen molar-refractivity contribution in [2.24, 2.45) is 23.5 Å². The fourth-order valence-electron chi connectivity index (χ4n) is 3.53. The molecule has 1 aromatic rings. The molecule has 4 atom stereocenters. The van der Waals surface area contributed by atoms with Gasteiger partial charge in [0.2, 0.25) is 0 Å². The second-order valence-electron chi connectivity index (χ2n) is 5.31. The van der Waals surface area contributed by atoms with Crippen LogP contribution in [0.15, 0.2) is 24.3 Å². The minimum absolute atomic E-state index is 0.0370. The summed E-state index contributed by atoms with van der Waals surface area (Å²) in [6, 6.07) is 7.23. The van der Waals surface area contributed by atoms with Crippen LogP contribution in [-0.2, 0) is 0 Å². The Labute approximate surface area is 106 Å². The van der Waals surface area contributed by atoms with Gasteiger partial charge in [-0.3, -0.25) is 4.79 Å². The molecular formula is C14H16ClNO. The predicted molar refractivity (Wildman–Crippen MR) is 68.1 cm³/mol. The van der Waals surface area contributed by atoms with Crippen LogP contribution in [0.25, 0.3) is 0 Å². The Morgan fingerprint density at radius 1 is 1.18 bits per heavy atom. The van der Waals surface area contributed by atoms with Gasteiger partial charge in [0.05, 0.1) is 0 Å². The molecule has 90 valence electrons. The molecule has 2 bridgehead atoms. The number of ketones is 1. The van der Waals surface area contributed by atoms with Crippen molar-refractivity contribution in [1.29, 1.82) is 0 Å². The zero-order valence-electron chi connectivity index (χ0n) is 9.60. The van der Waals surface area contributed by atoms with Gasteiger partial charge >= 0.3 is 0 Å². The molecule has 0 amide bonds. The molecule has 0 aliphatic heterocycles. The smallest absolute Gasteiger partial charge is 0.167 e. The van der Waals surface area contributed by atoms with Gasteiger partial charge in [0.25, 0.3) is 0 Å². The molecule has 3 rings (SSSR count). The van der Waals surface area contributed by atoms with Crippen molar-refractivity contribution in [3.05, 3.63) is 34.9 Å². The molecule has 0 saturated heterocycles. The summed E-state index contributed by atoms with van der Waals surface area (Å²) in [6.07, 6.45) is 3.52. The predicted octanol–water partition coefficient (Wildman–Crippen LogP) is 2.90. The van der Waals surface area contributed by atoms with Crippen LogP contribution in [0.5, 0.6) is 0 Å². The summed E-state index contributed by atoms with van der Waals surface area (Å²) in [7, 11) is 0. The van der Waals surface area contributed by atoms with E-state index in [1.807, 2.05) is 12.1 Å². The van der Waals surface area contributed by atoms with Gasteiger partial charge in [-0.25, -0.2) is 0 Å². The first kappa shape index (κ1) is 11.2. The van der Waals surface area contributed by atoms with Crippen molar-refractivity contribution in [3.8, 4) is 0 Å². The number of hydrogen-bond acceptors (Lipinski definition) is 2. The van der Waals surface area contributed by atoms with E-state index in [1.54, 1.807) is 12.1 Å². The Bertz CT molecular complexity index is 440. The first-order valence-corrected chi connectivity index (χ1v) is 6.60.